The van der Waals surface area contributed by atoms with E-state index in [1.807, 2.05) is 37.3 Å². The van der Waals surface area contributed by atoms with Crippen molar-refractivity contribution in [3.8, 4) is 34.3 Å². The summed E-state index contributed by atoms with van der Waals surface area (Å²) in [5.41, 5.74) is 1.93. The number of aromatic nitrogens is 1. The molecule has 3 rings (SSSR count). The van der Waals surface area contributed by atoms with Gasteiger partial charge in [0.05, 0.1) is 31.5 Å². The first-order valence-corrected chi connectivity index (χ1v) is 8.73. The highest BCUT2D eigenvalue weighted by Gasteiger charge is 2.18. The largest absolute Gasteiger partial charge is 0.497 e. The summed E-state index contributed by atoms with van der Waals surface area (Å²) in [7, 11) is 3.18. The molecule has 0 bridgehead atoms. The van der Waals surface area contributed by atoms with Gasteiger partial charge in [0.15, 0.2) is 5.76 Å². The molecule has 0 unspecified atom stereocenters. The number of amides is 1. The maximum atomic E-state index is 12.4. The van der Waals surface area contributed by atoms with E-state index in [9.17, 15) is 4.79 Å². The fourth-order valence-electron chi connectivity index (χ4n) is 2.73. The molecule has 27 heavy (non-hydrogen) atoms. The van der Waals surface area contributed by atoms with Gasteiger partial charge >= 0.3 is 0 Å². The Hall–Kier alpha value is -3.28. The summed E-state index contributed by atoms with van der Waals surface area (Å²) in [6.45, 7) is 2.63. The number of nitrogens with one attached hydrogen (secondary N) is 1. The Morgan fingerprint density at radius 1 is 1.11 bits per heavy atom. The lowest BCUT2D eigenvalue weighted by Gasteiger charge is -2.08. The van der Waals surface area contributed by atoms with E-state index >= 15 is 0 Å². The Balaban J connectivity index is 1.97. The summed E-state index contributed by atoms with van der Waals surface area (Å²) in [6.07, 6.45) is 2.49. The van der Waals surface area contributed by atoms with E-state index in [1.165, 1.54) is 0 Å². The minimum Gasteiger partial charge on any atom is -0.497 e. The number of nitrogens with zero attached hydrogens (tertiary/aromatic N) is 1. The quantitative estimate of drug-likeness (QED) is 0.679. The zero-order valence-electron chi connectivity index (χ0n) is 15.6. The minimum atomic E-state index is -0.144. The SMILES string of the molecule is CCCNC(=O)c1ccccc1-c1ncc(-c2ccc(OC)cc2OC)o1. The smallest absolute Gasteiger partial charge is 0.252 e. The van der Waals surface area contributed by atoms with Gasteiger partial charge in [0.25, 0.3) is 5.91 Å². The van der Waals surface area contributed by atoms with Crippen LogP contribution in [-0.2, 0) is 0 Å². The summed E-state index contributed by atoms with van der Waals surface area (Å²) in [4.78, 5) is 16.8. The van der Waals surface area contributed by atoms with Gasteiger partial charge in [-0.15, -0.1) is 0 Å². The molecular formula is C21H22N2O4. The number of methoxy groups -OCH3 is 2. The third-order valence-corrected chi connectivity index (χ3v) is 4.12. The Morgan fingerprint density at radius 3 is 2.67 bits per heavy atom. The minimum absolute atomic E-state index is 0.144. The molecule has 0 fully saturated rings. The molecule has 6 heteroatoms. The maximum Gasteiger partial charge on any atom is 0.252 e. The van der Waals surface area contributed by atoms with Crippen LogP contribution in [0.3, 0.4) is 0 Å². The van der Waals surface area contributed by atoms with Gasteiger partial charge in [-0.25, -0.2) is 4.98 Å². The van der Waals surface area contributed by atoms with Crippen molar-refractivity contribution in [2.45, 2.75) is 13.3 Å². The predicted molar refractivity (Wildman–Crippen MR) is 103 cm³/mol. The van der Waals surface area contributed by atoms with Gasteiger partial charge in [-0.05, 0) is 30.7 Å². The summed E-state index contributed by atoms with van der Waals surface area (Å²) >= 11 is 0. The molecular weight excluding hydrogens is 344 g/mol. The highest BCUT2D eigenvalue weighted by molar-refractivity contribution is 6.00. The number of oxazole rings is 1. The van der Waals surface area contributed by atoms with Crippen LogP contribution >= 0.6 is 0 Å². The Morgan fingerprint density at radius 2 is 1.93 bits per heavy atom. The van der Waals surface area contributed by atoms with E-state index in [4.69, 9.17) is 13.9 Å². The number of carbonyl (C=O) groups is 1. The lowest BCUT2D eigenvalue weighted by atomic mass is 10.1. The van der Waals surface area contributed by atoms with Gasteiger partial charge < -0.3 is 19.2 Å². The lowest BCUT2D eigenvalue weighted by Crippen LogP contribution is -2.24. The van der Waals surface area contributed by atoms with Gasteiger partial charge in [0.2, 0.25) is 5.89 Å². The molecule has 0 aliphatic carbocycles. The van der Waals surface area contributed by atoms with Crippen LogP contribution in [-0.4, -0.2) is 31.7 Å². The van der Waals surface area contributed by atoms with Crippen molar-refractivity contribution in [1.29, 1.82) is 0 Å². The number of benzene rings is 2. The van der Waals surface area contributed by atoms with Crippen LogP contribution < -0.4 is 14.8 Å². The second-order valence-electron chi connectivity index (χ2n) is 5.90. The molecule has 0 saturated carbocycles. The first kappa shape index (κ1) is 18.5. The van der Waals surface area contributed by atoms with Crippen LogP contribution in [0, 0.1) is 0 Å². The van der Waals surface area contributed by atoms with Gasteiger partial charge in [-0.3, -0.25) is 4.79 Å². The van der Waals surface area contributed by atoms with E-state index in [1.54, 1.807) is 32.5 Å². The number of hydrogen-bond donors (Lipinski definition) is 1. The fourth-order valence-corrected chi connectivity index (χ4v) is 2.73. The third-order valence-electron chi connectivity index (χ3n) is 4.12. The topological polar surface area (TPSA) is 73.6 Å². The third kappa shape index (κ3) is 3.95. The Labute approximate surface area is 158 Å². The molecule has 0 aliphatic rings. The highest BCUT2D eigenvalue weighted by Crippen LogP contribution is 2.35. The molecule has 0 aliphatic heterocycles. The molecule has 0 saturated heterocycles. The summed E-state index contributed by atoms with van der Waals surface area (Å²) in [5.74, 6) is 2.09. The molecule has 1 amide bonds. The fraction of sp³-hybridized carbons (Fsp3) is 0.238. The summed E-state index contributed by atoms with van der Waals surface area (Å²) < 4.78 is 16.6. The lowest BCUT2D eigenvalue weighted by molar-refractivity contribution is 0.0954. The van der Waals surface area contributed by atoms with Crippen LogP contribution in [0.1, 0.15) is 23.7 Å². The zero-order valence-corrected chi connectivity index (χ0v) is 15.6. The van der Waals surface area contributed by atoms with E-state index < -0.39 is 0 Å². The van der Waals surface area contributed by atoms with Crippen LogP contribution in [0.4, 0.5) is 0 Å². The van der Waals surface area contributed by atoms with Crippen LogP contribution in [0.25, 0.3) is 22.8 Å². The first-order chi connectivity index (χ1) is 13.2. The monoisotopic (exact) mass is 366 g/mol. The molecule has 2 aromatic carbocycles. The van der Waals surface area contributed by atoms with E-state index in [-0.39, 0.29) is 5.91 Å². The number of hydrogen-bond acceptors (Lipinski definition) is 5. The Bertz CT molecular complexity index is 933. The normalized spacial score (nSPS) is 10.5. The average Bonchev–Trinajstić information content (AvgIpc) is 3.21. The van der Waals surface area contributed by atoms with Gasteiger partial charge in [0.1, 0.15) is 11.5 Å². The van der Waals surface area contributed by atoms with Crippen LogP contribution in [0.5, 0.6) is 11.5 Å². The van der Waals surface area contributed by atoms with Crippen molar-refractivity contribution in [2.24, 2.45) is 0 Å². The van der Waals surface area contributed by atoms with Crippen molar-refractivity contribution in [1.82, 2.24) is 10.3 Å². The summed E-state index contributed by atoms with van der Waals surface area (Å²) in [6, 6.07) is 12.7. The molecule has 0 radical (unpaired) electrons. The molecule has 1 N–H and O–H groups in total. The predicted octanol–water partition coefficient (Wildman–Crippen LogP) is 4.17. The molecule has 0 atom stereocenters. The summed E-state index contributed by atoms with van der Waals surface area (Å²) in [5, 5.41) is 2.89. The van der Waals surface area contributed by atoms with E-state index in [2.05, 4.69) is 10.3 Å². The standard InChI is InChI=1S/C21H22N2O4/c1-4-11-22-20(24)15-7-5-6-8-16(15)21-23-13-19(27-21)17-10-9-14(25-2)12-18(17)26-3/h5-10,12-13H,4,11H2,1-3H3,(H,22,24). The van der Waals surface area contributed by atoms with Crippen LogP contribution in [0.2, 0.25) is 0 Å². The van der Waals surface area contributed by atoms with Crippen molar-refractivity contribution < 1.29 is 18.7 Å². The molecule has 0 spiro atoms. The molecule has 1 heterocycles. The maximum absolute atomic E-state index is 12.4. The number of ether oxygens (including phenoxy) is 2. The van der Waals surface area contributed by atoms with E-state index in [0.29, 0.717) is 40.8 Å². The first-order valence-electron chi connectivity index (χ1n) is 8.73. The number of carbonyl (C=O) groups excluding carboxylic acids is 1. The van der Waals surface area contributed by atoms with Crippen molar-refractivity contribution in [2.75, 3.05) is 20.8 Å². The second-order valence-corrected chi connectivity index (χ2v) is 5.90. The van der Waals surface area contributed by atoms with Crippen molar-refractivity contribution >= 4 is 5.91 Å². The highest BCUT2D eigenvalue weighted by atomic mass is 16.5. The molecule has 1 aromatic heterocycles. The molecule has 3 aromatic rings. The Kier molecular flexibility index (Phi) is 5.76. The van der Waals surface area contributed by atoms with Crippen molar-refractivity contribution in [3.05, 3.63) is 54.2 Å². The average molecular weight is 366 g/mol. The van der Waals surface area contributed by atoms with Crippen LogP contribution in [0.15, 0.2) is 53.1 Å². The zero-order chi connectivity index (χ0) is 19.2. The molecule has 6 nitrogen and oxygen atoms in total. The van der Waals surface area contributed by atoms with E-state index in [0.717, 1.165) is 12.0 Å². The van der Waals surface area contributed by atoms with Gasteiger partial charge in [-0.1, -0.05) is 19.1 Å². The second kappa shape index (κ2) is 8.40. The number of rotatable bonds is 7. The van der Waals surface area contributed by atoms with Gasteiger partial charge in [-0.2, -0.15) is 0 Å². The van der Waals surface area contributed by atoms with Crippen molar-refractivity contribution in [3.63, 3.8) is 0 Å². The molecule has 140 valence electrons. The van der Waals surface area contributed by atoms with Gasteiger partial charge in [0, 0.05) is 18.2 Å².